The van der Waals surface area contributed by atoms with E-state index in [2.05, 4.69) is 5.32 Å². The fourth-order valence-corrected chi connectivity index (χ4v) is 1.49. The summed E-state index contributed by atoms with van der Waals surface area (Å²) < 4.78 is 5.00. The van der Waals surface area contributed by atoms with Crippen molar-refractivity contribution in [3.8, 4) is 0 Å². The van der Waals surface area contributed by atoms with Gasteiger partial charge in [-0.3, -0.25) is 5.32 Å². The van der Waals surface area contributed by atoms with Gasteiger partial charge in [-0.05, 0) is 30.5 Å². The second-order valence-corrected chi connectivity index (χ2v) is 4.02. The van der Waals surface area contributed by atoms with Gasteiger partial charge < -0.3 is 9.53 Å². The first kappa shape index (κ1) is 14.2. The van der Waals surface area contributed by atoms with E-state index in [-0.39, 0.29) is 0 Å². The molecule has 1 N–H and O–H groups in total. The molecule has 0 saturated carbocycles. The molecule has 0 atom stereocenters. The van der Waals surface area contributed by atoms with Crippen LogP contribution in [-0.4, -0.2) is 19.0 Å². The van der Waals surface area contributed by atoms with Crippen LogP contribution in [-0.2, 0) is 16.0 Å². The fraction of sp³-hybridized carbons (Fsp3) is 0.429. The number of aryl methyl sites for hydroxylation is 1. The number of carbonyl (C=O) groups is 2. The summed E-state index contributed by atoms with van der Waals surface area (Å²) in [5.74, 6) is 0. The minimum Gasteiger partial charge on any atom is -0.449 e. The van der Waals surface area contributed by atoms with Crippen molar-refractivity contribution in [2.24, 2.45) is 0 Å². The molecule has 4 heteroatoms. The highest BCUT2D eigenvalue weighted by Gasteiger charge is 2.03. The van der Waals surface area contributed by atoms with Crippen molar-refractivity contribution in [1.29, 1.82) is 0 Å². The molecule has 98 valence electrons. The first-order valence-corrected chi connectivity index (χ1v) is 6.22. The summed E-state index contributed by atoms with van der Waals surface area (Å²) in [6, 6.07) is 7.43. The van der Waals surface area contributed by atoms with Crippen molar-refractivity contribution >= 4 is 18.1 Å². The molecule has 0 aliphatic carbocycles. The van der Waals surface area contributed by atoms with E-state index in [1.165, 1.54) is 0 Å². The smallest absolute Gasteiger partial charge is 0.411 e. The second-order valence-electron chi connectivity index (χ2n) is 4.02. The maximum absolute atomic E-state index is 11.4. The molecule has 4 nitrogen and oxygen atoms in total. The molecule has 0 spiro atoms. The first-order chi connectivity index (χ1) is 8.76. The van der Waals surface area contributed by atoms with Gasteiger partial charge in [-0.15, -0.1) is 0 Å². The largest absolute Gasteiger partial charge is 0.449 e. The minimum absolute atomic E-state index is 0.434. The summed E-state index contributed by atoms with van der Waals surface area (Å²) in [4.78, 5) is 21.7. The van der Waals surface area contributed by atoms with E-state index in [0.29, 0.717) is 25.1 Å². The van der Waals surface area contributed by atoms with Crippen LogP contribution in [0.25, 0.3) is 0 Å². The van der Waals surface area contributed by atoms with Crippen LogP contribution in [0.1, 0.15) is 31.7 Å². The standard InChI is InChI=1S/C14H19NO3/c1-2-3-10-18-14(17)15-13-8-4-6-12(11-13)7-5-9-16/h4,6,8-9,11H,2-3,5,7,10H2,1H3,(H,15,17). The van der Waals surface area contributed by atoms with Crippen molar-refractivity contribution in [2.45, 2.75) is 32.6 Å². The highest BCUT2D eigenvalue weighted by Crippen LogP contribution is 2.12. The van der Waals surface area contributed by atoms with Gasteiger partial charge in [-0.2, -0.15) is 0 Å². The second kappa shape index (κ2) is 8.28. The highest BCUT2D eigenvalue weighted by molar-refractivity contribution is 5.84. The lowest BCUT2D eigenvalue weighted by atomic mass is 10.1. The van der Waals surface area contributed by atoms with Crippen LogP contribution < -0.4 is 5.32 Å². The van der Waals surface area contributed by atoms with Gasteiger partial charge in [-0.1, -0.05) is 25.5 Å². The number of carbonyl (C=O) groups excluding carboxylic acids is 2. The number of anilines is 1. The third-order valence-electron chi connectivity index (χ3n) is 2.46. The van der Waals surface area contributed by atoms with Gasteiger partial charge in [0.25, 0.3) is 0 Å². The maximum Gasteiger partial charge on any atom is 0.411 e. The molecule has 1 amide bonds. The van der Waals surface area contributed by atoms with E-state index >= 15 is 0 Å². The van der Waals surface area contributed by atoms with Gasteiger partial charge in [0.05, 0.1) is 6.61 Å². The molecule has 0 aromatic heterocycles. The van der Waals surface area contributed by atoms with Gasteiger partial charge in [0, 0.05) is 12.1 Å². The van der Waals surface area contributed by atoms with Crippen LogP contribution in [0.4, 0.5) is 10.5 Å². The fourth-order valence-electron chi connectivity index (χ4n) is 1.49. The Hall–Kier alpha value is -1.84. The Morgan fingerprint density at radius 2 is 2.28 bits per heavy atom. The topological polar surface area (TPSA) is 55.4 Å². The van der Waals surface area contributed by atoms with Crippen molar-refractivity contribution in [2.75, 3.05) is 11.9 Å². The zero-order valence-electron chi connectivity index (χ0n) is 10.6. The summed E-state index contributed by atoms with van der Waals surface area (Å²) in [6.45, 7) is 2.48. The lowest BCUT2D eigenvalue weighted by molar-refractivity contribution is -0.107. The number of aldehydes is 1. The molecule has 1 rings (SSSR count). The van der Waals surface area contributed by atoms with Crippen molar-refractivity contribution in [3.05, 3.63) is 29.8 Å². The molecular weight excluding hydrogens is 230 g/mol. The molecule has 0 radical (unpaired) electrons. The monoisotopic (exact) mass is 249 g/mol. The zero-order valence-corrected chi connectivity index (χ0v) is 10.6. The third-order valence-corrected chi connectivity index (χ3v) is 2.46. The van der Waals surface area contributed by atoms with Gasteiger partial charge in [-0.25, -0.2) is 4.79 Å². The lowest BCUT2D eigenvalue weighted by Gasteiger charge is -2.07. The molecule has 0 fully saturated rings. The molecule has 0 saturated heterocycles. The Kier molecular flexibility index (Phi) is 6.54. The van der Waals surface area contributed by atoms with E-state index in [1.54, 1.807) is 6.07 Å². The Morgan fingerprint density at radius 3 is 3.00 bits per heavy atom. The number of benzene rings is 1. The van der Waals surface area contributed by atoms with Crippen LogP contribution in [0, 0.1) is 0 Å². The number of nitrogens with one attached hydrogen (secondary N) is 1. The number of unbranched alkanes of at least 4 members (excludes halogenated alkanes) is 1. The highest BCUT2D eigenvalue weighted by atomic mass is 16.5. The lowest BCUT2D eigenvalue weighted by Crippen LogP contribution is -2.14. The van der Waals surface area contributed by atoms with Gasteiger partial charge in [0.1, 0.15) is 6.29 Å². The maximum atomic E-state index is 11.4. The molecule has 0 bridgehead atoms. The average molecular weight is 249 g/mol. The van der Waals surface area contributed by atoms with Crippen LogP contribution in [0.15, 0.2) is 24.3 Å². The summed E-state index contributed by atoms with van der Waals surface area (Å²) in [5, 5.41) is 2.67. The normalized spacial score (nSPS) is 9.83. The molecule has 0 aliphatic rings. The molecule has 0 aliphatic heterocycles. The quantitative estimate of drug-likeness (QED) is 0.596. The van der Waals surface area contributed by atoms with Crippen LogP contribution in [0.3, 0.4) is 0 Å². The minimum atomic E-state index is -0.434. The Balaban J connectivity index is 2.45. The third kappa shape index (κ3) is 5.48. The first-order valence-electron chi connectivity index (χ1n) is 6.22. The molecular formula is C14H19NO3. The van der Waals surface area contributed by atoms with E-state index in [0.717, 1.165) is 24.7 Å². The molecule has 0 unspecified atom stereocenters. The van der Waals surface area contributed by atoms with Crippen molar-refractivity contribution in [1.82, 2.24) is 0 Å². The van der Waals surface area contributed by atoms with Gasteiger partial charge >= 0.3 is 6.09 Å². The van der Waals surface area contributed by atoms with E-state index in [1.807, 2.05) is 25.1 Å². The van der Waals surface area contributed by atoms with E-state index < -0.39 is 6.09 Å². The van der Waals surface area contributed by atoms with E-state index in [4.69, 9.17) is 4.74 Å². The number of hydrogen-bond donors (Lipinski definition) is 1. The van der Waals surface area contributed by atoms with Gasteiger partial charge in [0.2, 0.25) is 0 Å². The molecule has 1 aromatic carbocycles. The Labute approximate surface area is 107 Å². The Bertz CT molecular complexity index is 390. The summed E-state index contributed by atoms with van der Waals surface area (Å²) in [7, 11) is 0. The average Bonchev–Trinajstić information content (AvgIpc) is 2.37. The van der Waals surface area contributed by atoms with Crippen LogP contribution >= 0.6 is 0 Å². The molecule has 0 heterocycles. The summed E-state index contributed by atoms with van der Waals surface area (Å²) in [5.41, 5.74) is 1.72. The number of hydrogen-bond acceptors (Lipinski definition) is 3. The summed E-state index contributed by atoms with van der Waals surface area (Å²) in [6.07, 6.45) is 3.49. The van der Waals surface area contributed by atoms with Gasteiger partial charge in [0.15, 0.2) is 0 Å². The van der Waals surface area contributed by atoms with Crippen LogP contribution in [0.2, 0.25) is 0 Å². The SMILES string of the molecule is CCCCOC(=O)Nc1cccc(CCC=O)c1. The number of rotatable bonds is 7. The van der Waals surface area contributed by atoms with Crippen LogP contribution in [0.5, 0.6) is 0 Å². The molecule has 18 heavy (non-hydrogen) atoms. The molecule has 1 aromatic rings. The van der Waals surface area contributed by atoms with Crippen molar-refractivity contribution < 1.29 is 14.3 Å². The summed E-state index contributed by atoms with van der Waals surface area (Å²) >= 11 is 0. The number of amides is 1. The zero-order chi connectivity index (χ0) is 13.2. The Morgan fingerprint density at radius 1 is 1.44 bits per heavy atom. The predicted molar refractivity (Wildman–Crippen MR) is 70.7 cm³/mol. The van der Waals surface area contributed by atoms with E-state index in [9.17, 15) is 9.59 Å². The predicted octanol–water partition coefficient (Wildman–Crippen LogP) is 3.17. The number of ether oxygens (including phenoxy) is 1. The van der Waals surface area contributed by atoms with Crippen molar-refractivity contribution in [3.63, 3.8) is 0 Å².